The molecule has 2 rings (SSSR count). The number of hydrogen-bond acceptors (Lipinski definition) is 2. The van der Waals surface area contributed by atoms with E-state index in [1.807, 2.05) is 0 Å². The molecule has 0 aliphatic heterocycles. The summed E-state index contributed by atoms with van der Waals surface area (Å²) in [6.45, 7) is 0. The van der Waals surface area contributed by atoms with Crippen molar-refractivity contribution in [2.45, 2.75) is 0 Å². The predicted octanol–water partition coefficient (Wildman–Crippen LogP) is 4.99. The van der Waals surface area contributed by atoms with Crippen LogP contribution in [0.3, 0.4) is 0 Å². The highest BCUT2D eigenvalue weighted by atomic mass is 79.9. The second kappa shape index (κ2) is 6.17. The van der Waals surface area contributed by atoms with Gasteiger partial charge in [-0.05, 0) is 24.3 Å². The number of anilines is 1. The molecule has 0 aromatic heterocycles. The Kier molecular flexibility index (Phi) is 4.70. The molecule has 2 aromatic rings. The number of aromatic hydroxyl groups is 1. The molecule has 0 bridgehead atoms. The zero-order chi connectivity index (χ0) is 15.7. The first kappa shape index (κ1) is 16.0. The third-order valence-electron chi connectivity index (χ3n) is 2.51. The molecule has 2 aromatic carbocycles. The Bertz CT molecular complexity index is 694. The van der Waals surface area contributed by atoms with Crippen LogP contribution in [-0.2, 0) is 0 Å². The second-order valence-corrected chi connectivity index (χ2v) is 5.72. The molecule has 110 valence electrons. The van der Waals surface area contributed by atoms with Gasteiger partial charge in [-0.2, -0.15) is 0 Å². The first-order chi connectivity index (χ1) is 9.79. The fraction of sp³-hybridized carbons (Fsp3) is 0. The summed E-state index contributed by atoms with van der Waals surface area (Å²) in [6, 6.07) is 4.34. The molecule has 0 saturated carbocycles. The van der Waals surface area contributed by atoms with Gasteiger partial charge in [-0.3, -0.25) is 4.79 Å². The van der Waals surface area contributed by atoms with E-state index in [0.29, 0.717) is 0 Å². The van der Waals surface area contributed by atoms with Crippen molar-refractivity contribution in [1.29, 1.82) is 0 Å². The van der Waals surface area contributed by atoms with Crippen molar-refractivity contribution in [3.05, 3.63) is 56.0 Å². The smallest absolute Gasteiger partial charge is 0.261 e. The van der Waals surface area contributed by atoms with E-state index in [2.05, 4.69) is 21.2 Å². The zero-order valence-corrected chi connectivity index (χ0v) is 13.2. The van der Waals surface area contributed by atoms with Gasteiger partial charge in [0, 0.05) is 10.2 Å². The molecule has 0 radical (unpaired) electrons. The van der Waals surface area contributed by atoms with E-state index in [-0.39, 0.29) is 26.0 Å². The van der Waals surface area contributed by atoms with E-state index in [0.717, 1.165) is 12.1 Å². The summed E-state index contributed by atoms with van der Waals surface area (Å²) < 4.78 is 27.5. The Morgan fingerprint density at radius 3 is 2.05 bits per heavy atom. The van der Waals surface area contributed by atoms with Crippen LogP contribution in [0.25, 0.3) is 0 Å². The average Bonchev–Trinajstić information content (AvgIpc) is 2.34. The van der Waals surface area contributed by atoms with Crippen LogP contribution in [0, 0.1) is 11.6 Å². The van der Waals surface area contributed by atoms with E-state index in [9.17, 15) is 18.7 Å². The van der Waals surface area contributed by atoms with Gasteiger partial charge in [0.15, 0.2) is 5.75 Å². The lowest BCUT2D eigenvalue weighted by Crippen LogP contribution is -2.16. The highest BCUT2D eigenvalue weighted by Crippen LogP contribution is 2.34. The van der Waals surface area contributed by atoms with Crippen LogP contribution in [0.15, 0.2) is 28.7 Å². The number of hydrogen-bond donors (Lipinski definition) is 2. The van der Waals surface area contributed by atoms with Crippen molar-refractivity contribution in [3.8, 4) is 5.75 Å². The number of phenols is 1. The molecule has 1 amide bonds. The number of rotatable bonds is 2. The van der Waals surface area contributed by atoms with Crippen molar-refractivity contribution in [1.82, 2.24) is 0 Å². The maximum Gasteiger partial charge on any atom is 0.261 e. The largest absolute Gasteiger partial charge is 0.505 e. The van der Waals surface area contributed by atoms with Gasteiger partial charge in [0.25, 0.3) is 5.91 Å². The quantitative estimate of drug-likeness (QED) is 0.702. The Balaban J connectivity index is 2.35. The molecule has 0 saturated heterocycles. The number of carbonyl (C=O) groups is 1. The fourth-order valence-corrected chi connectivity index (χ4v) is 2.48. The molecule has 0 aliphatic carbocycles. The molecule has 21 heavy (non-hydrogen) atoms. The Hall–Kier alpha value is -1.37. The average molecular weight is 397 g/mol. The maximum absolute atomic E-state index is 13.7. The highest BCUT2D eigenvalue weighted by molar-refractivity contribution is 9.10. The van der Waals surface area contributed by atoms with Gasteiger partial charge < -0.3 is 10.4 Å². The van der Waals surface area contributed by atoms with Crippen molar-refractivity contribution < 1.29 is 18.7 Å². The highest BCUT2D eigenvalue weighted by Gasteiger charge is 2.19. The molecule has 0 heterocycles. The summed E-state index contributed by atoms with van der Waals surface area (Å²) in [5, 5.41) is 11.4. The predicted molar refractivity (Wildman–Crippen MR) is 80.1 cm³/mol. The monoisotopic (exact) mass is 395 g/mol. The van der Waals surface area contributed by atoms with E-state index in [1.54, 1.807) is 0 Å². The number of carbonyl (C=O) groups excluding carboxylic acids is 1. The molecule has 3 nitrogen and oxygen atoms in total. The van der Waals surface area contributed by atoms with Crippen molar-refractivity contribution >= 4 is 50.7 Å². The van der Waals surface area contributed by atoms with Crippen LogP contribution in [-0.4, -0.2) is 11.0 Å². The molecule has 0 atom stereocenters. The first-order valence-corrected chi connectivity index (χ1v) is 6.98. The van der Waals surface area contributed by atoms with E-state index < -0.39 is 23.1 Å². The van der Waals surface area contributed by atoms with Gasteiger partial charge >= 0.3 is 0 Å². The van der Waals surface area contributed by atoms with Gasteiger partial charge in [-0.25, -0.2) is 8.78 Å². The van der Waals surface area contributed by atoms with E-state index >= 15 is 0 Å². The lowest BCUT2D eigenvalue weighted by molar-refractivity contribution is 0.101. The molecular weight excluding hydrogens is 391 g/mol. The molecule has 2 N–H and O–H groups in total. The normalized spacial score (nSPS) is 10.5. The van der Waals surface area contributed by atoms with Gasteiger partial charge in [-0.15, -0.1) is 0 Å². The molecule has 0 aliphatic rings. The minimum absolute atomic E-state index is 0.0921. The van der Waals surface area contributed by atoms with Crippen LogP contribution in [0.2, 0.25) is 10.0 Å². The number of nitrogens with one attached hydrogen (secondary N) is 1. The fourth-order valence-electron chi connectivity index (χ4n) is 1.59. The van der Waals surface area contributed by atoms with Gasteiger partial charge in [0.1, 0.15) is 17.2 Å². The lowest BCUT2D eigenvalue weighted by atomic mass is 10.1. The summed E-state index contributed by atoms with van der Waals surface area (Å²) in [7, 11) is 0. The molecule has 0 spiro atoms. The molecule has 0 unspecified atom stereocenters. The standard InChI is InChI=1S/C13H6BrCl2F2NO2/c14-5-1-9(17)11(10(18)2-5)13(21)19-6-3-7(15)12(20)8(16)4-6/h1-4,20H,(H,19,21). The summed E-state index contributed by atoms with van der Waals surface area (Å²) in [5.74, 6) is -3.39. The number of benzene rings is 2. The Morgan fingerprint density at radius 2 is 1.57 bits per heavy atom. The first-order valence-electron chi connectivity index (χ1n) is 5.43. The van der Waals surface area contributed by atoms with Crippen LogP contribution < -0.4 is 5.32 Å². The molecular formula is C13H6BrCl2F2NO2. The van der Waals surface area contributed by atoms with Crippen LogP contribution >= 0.6 is 39.1 Å². The van der Waals surface area contributed by atoms with Gasteiger partial charge in [0.2, 0.25) is 0 Å². The van der Waals surface area contributed by atoms with E-state index in [1.165, 1.54) is 12.1 Å². The van der Waals surface area contributed by atoms with Crippen molar-refractivity contribution in [2.24, 2.45) is 0 Å². The summed E-state index contributed by atoms with van der Waals surface area (Å²) in [4.78, 5) is 11.9. The minimum atomic E-state index is -1.02. The molecule has 8 heteroatoms. The van der Waals surface area contributed by atoms with Crippen LogP contribution in [0.5, 0.6) is 5.75 Å². The number of phenolic OH excluding ortho intramolecular Hbond substituents is 1. The van der Waals surface area contributed by atoms with Crippen LogP contribution in [0.1, 0.15) is 10.4 Å². The van der Waals surface area contributed by atoms with Crippen LogP contribution in [0.4, 0.5) is 14.5 Å². The molecule has 0 fully saturated rings. The van der Waals surface area contributed by atoms with Crippen molar-refractivity contribution in [2.75, 3.05) is 5.32 Å². The Morgan fingerprint density at radius 1 is 1.10 bits per heavy atom. The Labute approximate surface area is 136 Å². The SMILES string of the molecule is O=C(Nc1cc(Cl)c(O)c(Cl)c1)c1c(F)cc(Br)cc1F. The second-order valence-electron chi connectivity index (χ2n) is 3.99. The van der Waals surface area contributed by atoms with Gasteiger partial charge in [-0.1, -0.05) is 39.1 Å². The summed E-state index contributed by atoms with van der Waals surface area (Å²) in [5.41, 5.74) is -0.645. The van der Waals surface area contributed by atoms with Gasteiger partial charge in [0.05, 0.1) is 10.0 Å². The lowest BCUT2D eigenvalue weighted by Gasteiger charge is -2.09. The minimum Gasteiger partial charge on any atom is -0.505 e. The third kappa shape index (κ3) is 3.45. The topological polar surface area (TPSA) is 49.3 Å². The van der Waals surface area contributed by atoms with Crippen molar-refractivity contribution in [3.63, 3.8) is 0 Å². The van der Waals surface area contributed by atoms with E-state index in [4.69, 9.17) is 23.2 Å². The zero-order valence-electron chi connectivity index (χ0n) is 10.1. The maximum atomic E-state index is 13.7. The number of halogens is 5. The number of amides is 1. The third-order valence-corrected chi connectivity index (χ3v) is 3.54. The summed E-state index contributed by atoms with van der Waals surface area (Å²) in [6.07, 6.45) is 0. The summed E-state index contributed by atoms with van der Waals surface area (Å²) >= 11 is 14.3.